The van der Waals surface area contributed by atoms with E-state index in [2.05, 4.69) is 10.1 Å². The van der Waals surface area contributed by atoms with Gasteiger partial charge in [-0.3, -0.25) is 14.9 Å². The Morgan fingerprint density at radius 3 is 2.68 bits per heavy atom. The van der Waals surface area contributed by atoms with Gasteiger partial charge in [0.05, 0.1) is 34.9 Å². The lowest BCUT2D eigenvalue weighted by Gasteiger charge is -2.11. The van der Waals surface area contributed by atoms with Crippen LogP contribution in [0.2, 0.25) is 0 Å². The second kappa shape index (κ2) is 11.9. The molecule has 0 aliphatic carbocycles. The molecular formula is C30H22N4O7. The van der Waals surface area contributed by atoms with Crippen molar-refractivity contribution in [1.29, 1.82) is 0 Å². The lowest BCUT2D eigenvalue weighted by molar-refractivity contribution is -0.384. The van der Waals surface area contributed by atoms with Crippen LogP contribution in [0.5, 0.6) is 11.5 Å². The predicted octanol–water partition coefficient (Wildman–Crippen LogP) is 5.46. The highest BCUT2D eigenvalue weighted by Crippen LogP contribution is 2.29. The largest absolute Gasteiger partial charge is 0.490 e. The Bertz CT molecular complexity index is 1860. The molecule has 5 aromatic rings. The van der Waals surface area contributed by atoms with Crippen LogP contribution >= 0.6 is 0 Å². The summed E-state index contributed by atoms with van der Waals surface area (Å²) in [6.07, 6.45) is 5.53. The summed E-state index contributed by atoms with van der Waals surface area (Å²) in [4.78, 5) is 40.8. The molecule has 5 rings (SSSR count). The zero-order valence-corrected chi connectivity index (χ0v) is 21.7. The van der Waals surface area contributed by atoms with Crippen LogP contribution in [-0.2, 0) is 4.79 Å². The third-order valence-electron chi connectivity index (χ3n) is 5.79. The number of carbonyl (C=O) groups is 1. The van der Waals surface area contributed by atoms with Crippen molar-refractivity contribution in [2.75, 3.05) is 6.61 Å². The minimum atomic E-state index is -0.698. The molecule has 11 nitrogen and oxygen atoms in total. The van der Waals surface area contributed by atoms with E-state index in [-0.39, 0.29) is 28.6 Å². The second-order valence-electron chi connectivity index (χ2n) is 8.54. The number of esters is 1. The van der Waals surface area contributed by atoms with E-state index < -0.39 is 10.9 Å². The molecule has 0 aliphatic heterocycles. The van der Waals surface area contributed by atoms with Crippen LogP contribution in [0, 0.1) is 10.1 Å². The Morgan fingerprint density at radius 1 is 1.05 bits per heavy atom. The summed E-state index contributed by atoms with van der Waals surface area (Å²) in [5.74, 6) is 0.361. The maximum absolute atomic E-state index is 13.3. The average Bonchev–Trinajstić information content (AvgIpc) is 3.52. The molecule has 204 valence electrons. The van der Waals surface area contributed by atoms with Gasteiger partial charge in [0.25, 0.3) is 11.2 Å². The van der Waals surface area contributed by atoms with E-state index in [0.29, 0.717) is 34.4 Å². The summed E-state index contributed by atoms with van der Waals surface area (Å²) in [7, 11) is 0. The van der Waals surface area contributed by atoms with Gasteiger partial charge < -0.3 is 13.9 Å². The zero-order chi connectivity index (χ0) is 28.8. The summed E-state index contributed by atoms with van der Waals surface area (Å²) in [5.41, 5.74) is 1.09. The van der Waals surface area contributed by atoms with E-state index in [1.807, 2.05) is 0 Å². The van der Waals surface area contributed by atoms with Crippen molar-refractivity contribution in [2.45, 2.75) is 6.92 Å². The van der Waals surface area contributed by atoms with Crippen LogP contribution in [0.4, 0.5) is 5.69 Å². The standard InChI is InChI=1S/C30H22N4O7/c1-2-39-27-18-21(12-14-25(27)41-28(35)15-13-20-7-5-8-22(17-20)34(37)38)19-31-33-29(26-11-6-16-40-26)32-24-10-4-3-9-23(24)30(33)36/h3-19H,2H2,1H3/b15-13+,31-19?. The summed E-state index contributed by atoms with van der Waals surface area (Å²) in [6, 6.07) is 21.0. The van der Waals surface area contributed by atoms with Gasteiger partial charge in [-0.15, -0.1) is 0 Å². The highest BCUT2D eigenvalue weighted by atomic mass is 16.6. The fourth-order valence-corrected chi connectivity index (χ4v) is 3.93. The van der Waals surface area contributed by atoms with Gasteiger partial charge in [0.2, 0.25) is 5.82 Å². The van der Waals surface area contributed by atoms with Crippen molar-refractivity contribution in [2.24, 2.45) is 5.10 Å². The molecule has 0 saturated heterocycles. The number of hydrogen-bond acceptors (Lipinski definition) is 9. The minimum Gasteiger partial charge on any atom is -0.490 e. The molecule has 0 saturated carbocycles. The molecule has 2 aromatic heterocycles. The summed E-state index contributed by atoms with van der Waals surface area (Å²) in [5, 5.41) is 15.8. The monoisotopic (exact) mass is 550 g/mol. The first-order valence-corrected chi connectivity index (χ1v) is 12.4. The average molecular weight is 551 g/mol. The zero-order valence-electron chi connectivity index (χ0n) is 21.7. The predicted molar refractivity (Wildman–Crippen MR) is 152 cm³/mol. The van der Waals surface area contributed by atoms with Gasteiger partial charge in [0, 0.05) is 18.2 Å². The molecule has 0 radical (unpaired) electrons. The number of nitro groups is 1. The summed E-state index contributed by atoms with van der Waals surface area (Å²) >= 11 is 0. The number of nitro benzene ring substituents is 1. The smallest absolute Gasteiger partial charge is 0.336 e. The number of ether oxygens (including phenoxy) is 2. The third-order valence-corrected chi connectivity index (χ3v) is 5.79. The Morgan fingerprint density at radius 2 is 1.90 bits per heavy atom. The molecule has 0 fully saturated rings. The van der Waals surface area contributed by atoms with Crippen molar-refractivity contribution in [1.82, 2.24) is 9.66 Å². The first-order chi connectivity index (χ1) is 19.9. The molecule has 0 amide bonds. The number of aromatic nitrogens is 2. The maximum Gasteiger partial charge on any atom is 0.336 e. The van der Waals surface area contributed by atoms with Gasteiger partial charge in [-0.2, -0.15) is 9.78 Å². The quantitative estimate of drug-likeness (QED) is 0.0588. The van der Waals surface area contributed by atoms with Crippen molar-refractivity contribution < 1.29 is 23.6 Å². The number of nitrogens with zero attached hydrogens (tertiary/aromatic N) is 4. The van der Waals surface area contributed by atoms with Crippen LogP contribution in [0.15, 0.2) is 106 Å². The Hall–Kier alpha value is -5.84. The van der Waals surface area contributed by atoms with E-state index in [0.717, 1.165) is 4.68 Å². The molecule has 0 N–H and O–H groups in total. The molecule has 3 aromatic carbocycles. The van der Waals surface area contributed by atoms with Gasteiger partial charge in [-0.25, -0.2) is 9.78 Å². The molecule has 0 spiro atoms. The van der Waals surface area contributed by atoms with Crippen LogP contribution in [0.1, 0.15) is 18.1 Å². The lowest BCUT2D eigenvalue weighted by Crippen LogP contribution is -2.20. The van der Waals surface area contributed by atoms with Gasteiger partial charge in [0.15, 0.2) is 17.3 Å². The highest BCUT2D eigenvalue weighted by molar-refractivity contribution is 5.89. The van der Waals surface area contributed by atoms with Crippen molar-refractivity contribution in [3.63, 3.8) is 0 Å². The van der Waals surface area contributed by atoms with E-state index in [1.165, 1.54) is 42.8 Å². The van der Waals surface area contributed by atoms with Crippen LogP contribution in [0.3, 0.4) is 0 Å². The molecule has 2 heterocycles. The van der Waals surface area contributed by atoms with Crippen molar-refractivity contribution in [3.8, 4) is 23.1 Å². The minimum absolute atomic E-state index is 0.0885. The number of hydrogen-bond donors (Lipinski definition) is 0. The first-order valence-electron chi connectivity index (χ1n) is 12.4. The number of benzene rings is 3. The number of non-ortho nitro benzene ring substituents is 1. The van der Waals surface area contributed by atoms with E-state index in [4.69, 9.17) is 13.9 Å². The van der Waals surface area contributed by atoms with Gasteiger partial charge in [-0.1, -0.05) is 24.3 Å². The second-order valence-corrected chi connectivity index (χ2v) is 8.54. The van der Waals surface area contributed by atoms with E-state index in [1.54, 1.807) is 67.6 Å². The molecule has 0 unspecified atom stereocenters. The van der Waals surface area contributed by atoms with Crippen LogP contribution in [-0.4, -0.2) is 33.4 Å². The highest BCUT2D eigenvalue weighted by Gasteiger charge is 2.15. The SMILES string of the molecule is CCOc1cc(C=Nn2c(-c3ccco3)nc3ccccc3c2=O)ccc1OC(=O)/C=C/c1cccc([N+](=O)[O-])c1. The summed E-state index contributed by atoms with van der Waals surface area (Å²) < 4.78 is 17.8. The van der Waals surface area contributed by atoms with Gasteiger partial charge in [-0.05, 0) is 66.6 Å². The first kappa shape index (κ1) is 26.8. The maximum atomic E-state index is 13.3. The Kier molecular flexibility index (Phi) is 7.77. The van der Waals surface area contributed by atoms with Crippen LogP contribution in [0.25, 0.3) is 28.6 Å². The van der Waals surface area contributed by atoms with Crippen molar-refractivity contribution >= 4 is 34.9 Å². The number of carbonyl (C=O) groups excluding carboxylic acids is 1. The molecule has 11 heteroatoms. The molecular weight excluding hydrogens is 528 g/mol. The fourth-order valence-electron chi connectivity index (χ4n) is 3.93. The topological polar surface area (TPSA) is 139 Å². The molecule has 0 aliphatic rings. The number of fused-ring (bicyclic) bond motifs is 1. The van der Waals surface area contributed by atoms with Gasteiger partial charge in [0.1, 0.15) is 0 Å². The molecule has 41 heavy (non-hydrogen) atoms. The molecule has 0 atom stereocenters. The van der Waals surface area contributed by atoms with E-state index >= 15 is 0 Å². The number of para-hydroxylation sites is 1. The van der Waals surface area contributed by atoms with Crippen LogP contribution < -0.4 is 15.0 Å². The van der Waals surface area contributed by atoms with E-state index in [9.17, 15) is 19.7 Å². The number of rotatable bonds is 9. The Labute approximate surface area is 232 Å². The number of furan rings is 1. The molecule has 0 bridgehead atoms. The fraction of sp³-hybridized carbons (Fsp3) is 0.0667. The van der Waals surface area contributed by atoms with Crippen molar-refractivity contribution in [3.05, 3.63) is 123 Å². The summed E-state index contributed by atoms with van der Waals surface area (Å²) in [6.45, 7) is 2.08. The van der Waals surface area contributed by atoms with Gasteiger partial charge >= 0.3 is 5.97 Å². The lowest BCUT2D eigenvalue weighted by atomic mass is 10.2. The normalized spacial score (nSPS) is 11.3. The third kappa shape index (κ3) is 6.09. The Balaban J connectivity index is 1.41.